The minimum absolute atomic E-state index is 0.0141. The van der Waals surface area contributed by atoms with E-state index in [2.05, 4.69) is 52.1 Å². The van der Waals surface area contributed by atoms with Gasteiger partial charge in [0.25, 0.3) is 0 Å². The Morgan fingerprint density at radius 1 is 0.797 bits per heavy atom. The molecule has 0 spiro atoms. The highest BCUT2D eigenvalue weighted by molar-refractivity contribution is 5.98. The van der Waals surface area contributed by atoms with Gasteiger partial charge in [0, 0.05) is 57.0 Å². The number of esters is 1. The molecule has 3 saturated heterocycles. The number of nitrogens with zero attached hydrogens (tertiary/aromatic N) is 2. The molecule has 1 aromatic rings. The summed E-state index contributed by atoms with van der Waals surface area (Å²) in [7, 11) is 1.13. The van der Waals surface area contributed by atoms with E-state index in [1.165, 1.54) is 30.7 Å². The minimum atomic E-state index is -2.16. The summed E-state index contributed by atoms with van der Waals surface area (Å²) >= 11 is 0. The molecule has 14 atom stereocenters. The number of benzene rings is 1. The number of fused-ring (bicyclic) bond motifs is 2. The highest BCUT2D eigenvalue weighted by atomic mass is 16.5. The molecule has 3 aliphatic rings. The fourth-order valence-electron chi connectivity index (χ4n) is 10.2. The number of nitrogens with one attached hydrogen (secondary N) is 5. The van der Waals surface area contributed by atoms with Crippen LogP contribution in [0.5, 0.6) is 5.75 Å². The van der Waals surface area contributed by atoms with E-state index in [4.69, 9.17) is 5.73 Å². The van der Waals surface area contributed by atoms with Crippen molar-refractivity contribution < 1.29 is 83.6 Å². The van der Waals surface area contributed by atoms with Crippen LogP contribution in [-0.2, 0) is 54.3 Å². The maximum atomic E-state index is 14.5. The highest BCUT2D eigenvalue weighted by Gasteiger charge is 2.48. The zero-order valence-corrected chi connectivity index (χ0v) is 45.9. The fraction of sp³-hybridized carbons (Fsp3) is 0.685. The molecule has 0 aliphatic carbocycles. The van der Waals surface area contributed by atoms with Gasteiger partial charge in [0.1, 0.15) is 42.0 Å². The maximum absolute atomic E-state index is 14.5. The van der Waals surface area contributed by atoms with Gasteiger partial charge in [0.15, 0.2) is 0 Å². The van der Waals surface area contributed by atoms with Crippen molar-refractivity contribution in [3.05, 3.63) is 35.4 Å². The fourth-order valence-corrected chi connectivity index (χ4v) is 10.2. The van der Waals surface area contributed by atoms with Gasteiger partial charge in [-0.2, -0.15) is 0 Å². The number of hydrogen-bond donors (Lipinski definition) is 13. The topological polar surface area (TPSA) is 397 Å². The van der Waals surface area contributed by atoms with Crippen LogP contribution in [0.25, 0.3) is 6.08 Å². The van der Waals surface area contributed by atoms with Crippen molar-refractivity contribution in [1.82, 2.24) is 36.4 Å². The number of carbonyl (C=O) groups is 9. The second-order valence-corrected chi connectivity index (χ2v) is 21.5. The largest absolute Gasteiger partial charge is 0.507 e. The van der Waals surface area contributed by atoms with Crippen molar-refractivity contribution >= 4 is 59.3 Å². The van der Waals surface area contributed by atoms with Crippen LogP contribution in [0.3, 0.4) is 0 Å². The normalized spacial score (nSPS) is 26.8. The Morgan fingerprint density at radius 3 is 2.10 bits per heavy atom. The molecule has 3 unspecified atom stereocenters. The van der Waals surface area contributed by atoms with Crippen molar-refractivity contribution in [1.29, 1.82) is 0 Å². The average molecular weight is 1120 g/mol. The van der Waals surface area contributed by atoms with Gasteiger partial charge in [-0.25, -0.2) is 4.79 Å². The minimum Gasteiger partial charge on any atom is -0.507 e. The number of β-amino-alcohol motifs (C(OH)–C–C–N with tert-alkyl or cyclic N) is 1. The van der Waals surface area contributed by atoms with Gasteiger partial charge in [-0.05, 0) is 61.8 Å². The molecule has 25 heteroatoms. The summed E-state index contributed by atoms with van der Waals surface area (Å²) in [4.78, 5) is 125. The molecular formula is C54H84N8O17. The summed E-state index contributed by atoms with van der Waals surface area (Å²) in [5.41, 5.74) is 5.64. The summed E-state index contributed by atoms with van der Waals surface area (Å²) in [6, 6.07) is -7.28. The Balaban J connectivity index is 1.69. The lowest BCUT2D eigenvalue weighted by Gasteiger charge is -2.33. The Labute approximate surface area is 460 Å². The zero-order chi connectivity index (χ0) is 58.7. The van der Waals surface area contributed by atoms with E-state index in [0.717, 1.165) is 68.4 Å². The first-order valence-electron chi connectivity index (χ1n) is 27.4. The monoisotopic (exact) mass is 1120 g/mol. The van der Waals surface area contributed by atoms with Gasteiger partial charge in [-0.15, -0.1) is 0 Å². The van der Waals surface area contributed by atoms with Crippen LogP contribution >= 0.6 is 0 Å². The summed E-state index contributed by atoms with van der Waals surface area (Å²) in [6.45, 7) is 6.35. The SMILES string of the molecule is CCC(C)CC(C)CCCCCCCCC(=O)NC1C[C@@H](O)CNC(=O)[C@@H]2[C@@H](O)CCN2C(=O)[C@H]([C@@H](O)CC(N)=O)NC(=O)[C@H]([C@H](O)Cc2ccc(O)c(/C=C/C(=O)OC)c2)NC(=O)[C@@H]2C[C@@H](O)CN2C(=O)[C@H]([C@H](C)O)NC1=O. The average Bonchev–Trinajstić information content (AvgIpc) is 4.03. The molecule has 3 fully saturated rings. The third kappa shape index (κ3) is 19.8. The number of aromatic hydroxyl groups is 1. The number of methoxy groups -OCH3 is 1. The van der Waals surface area contributed by atoms with Crippen LogP contribution in [0, 0.1) is 11.8 Å². The maximum Gasteiger partial charge on any atom is 0.330 e. The smallest absolute Gasteiger partial charge is 0.330 e. The second-order valence-electron chi connectivity index (χ2n) is 21.5. The van der Waals surface area contributed by atoms with Crippen LogP contribution in [0.1, 0.15) is 129 Å². The molecule has 0 aromatic heterocycles. The number of ether oxygens (including phenoxy) is 1. The molecule has 442 valence electrons. The van der Waals surface area contributed by atoms with Crippen LogP contribution in [0.4, 0.5) is 0 Å². The van der Waals surface area contributed by atoms with Crippen LogP contribution in [-0.4, -0.2) is 198 Å². The van der Waals surface area contributed by atoms with Gasteiger partial charge >= 0.3 is 5.97 Å². The molecule has 0 bridgehead atoms. The molecule has 3 heterocycles. The van der Waals surface area contributed by atoms with Gasteiger partial charge in [-0.1, -0.05) is 71.8 Å². The second kappa shape index (κ2) is 31.5. The van der Waals surface area contributed by atoms with Crippen molar-refractivity contribution in [2.75, 3.05) is 26.7 Å². The molecular weight excluding hydrogens is 1030 g/mol. The number of rotatable bonds is 22. The quantitative estimate of drug-likeness (QED) is 0.0340. The summed E-state index contributed by atoms with van der Waals surface area (Å²) < 4.78 is 4.60. The number of primary amides is 1. The number of aliphatic hydroxyl groups excluding tert-OH is 6. The zero-order valence-electron chi connectivity index (χ0n) is 45.9. The molecule has 4 rings (SSSR count). The van der Waals surface area contributed by atoms with Gasteiger partial charge < -0.3 is 82.6 Å². The van der Waals surface area contributed by atoms with Gasteiger partial charge in [-0.3, -0.25) is 38.4 Å². The number of aliphatic hydroxyl groups is 6. The number of amides is 8. The van der Waals surface area contributed by atoms with E-state index in [0.29, 0.717) is 24.7 Å². The Bertz CT molecular complexity index is 2300. The molecule has 0 saturated carbocycles. The predicted molar refractivity (Wildman–Crippen MR) is 284 cm³/mol. The Hall–Kier alpha value is -6.25. The number of carbonyl (C=O) groups excluding carboxylic acids is 9. The Morgan fingerprint density at radius 2 is 1.44 bits per heavy atom. The molecule has 8 amide bonds. The van der Waals surface area contributed by atoms with E-state index in [-0.39, 0.29) is 36.3 Å². The number of phenolic OH excluding ortho intramolecular Hbond substituents is 1. The van der Waals surface area contributed by atoms with Crippen LogP contribution < -0.4 is 32.3 Å². The van der Waals surface area contributed by atoms with Crippen LogP contribution in [0.2, 0.25) is 0 Å². The number of phenols is 1. The standard InChI is InChI=1S/C54H84N8O17/c1-6-29(2)21-30(3)13-11-9-7-8-10-12-14-43(71)57-36-24-34(64)27-56-52(76)48-39(67)19-20-61(48)54(78)47(41(69)26-42(55)70)60-51(75)46(40(68)23-32-15-17-38(66)33(22-32)16-18-44(72)79-5)59-50(74)37-25-35(65)28-62(37)53(77)45(31(4)63)58-49(36)73/h15-18,22,29-31,34-37,39-41,45-48,63-69H,6-14,19-21,23-28H2,1-5H3,(H2,55,70)(H,56,76)(H,57,71)(H,58,73)(H,59,74)(H,60,75)/b18-16+/t29?,30?,31-,34+,35+,36?,37-,39-,40+,41-,45-,46-,47-,48-/m0/s1. The Kier molecular flexibility index (Phi) is 26.0. The first-order chi connectivity index (χ1) is 37.3. The van der Waals surface area contributed by atoms with E-state index in [1.807, 2.05) is 0 Å². The van der Waals surface area contributed by atoms with Crippen molar-refractivity contribution in [2.24, 2.45) is 17.6 Å². The predicted octanol–water partition coefficient (Wildman–Crippen LogP) is -1.96. The summed E-state index contributed by atoms with van der Waals surface area (Å²) in [5, 5.41) is 89.9. The number of nitrogens with two attached hydrogens (primary N) is 1. The summed E-state index contributed by atoms with van der Waals surface area (Å²) in [6.07, 6.45) is -2.23. The lowest BCUT2D eigenvalue weighted by atomic mass is 9.91. The third-order valence-corrected chi connectivity index (χ3v) is 14.8. The molecule has 25 nitrogen and oxygen atoms in total. The van der Waals surface area contributed by atoms with E-state index in [9.17, 15) is 78.9 Å². The first kappa shape index (κ1) is 65.3. The van der Waals surface area contributed by atoms with Gasteiger partial charge in [0.05, 0.1) is 50.2 Å². The van der Waals surface area contributed by atoms with Crippen molar-refractivity contribution in [3.8, 4) is 5.75 Å². The lowest BCUT2D eigenvalue weighted by molar-refractivity contribution is -0.147. The van der Waals surface area contributed by atoms with Crippen molar-refractivity contribution in [2.45, 2.75) is 197 Å². The van der Waals surface area contributed by atoms with E-state index >= 15 is 0 Å². The first-order valence-corrected chi connectivity index (χ1v) is 27.4. The summed E-state index contributed by atoms with van der Waals surface area (Å²) in [5.74, 6) is -8.47. The van der Waals surface area contributed by atoms with Crippen molar-refractivity contribution in [3.63, 3.8) is 0 Å². The number of unbranched alkanes of at least 4 members (excludes halogenated alkanes) is 5. The number of hydrogen-bond acceptors (Lipinski definition) is 17. The molecule has 0 radical (unpaired) electrons. The lowest BCUT2D eigenvalue weighted by Crippen LogP contribution is -2.64. The highest BCUT2D eigenvalue weighted by Crippen LogP contribution is 2.26. The molecule has 79 heavy (non-hydrogen) atoms. The van der Waals surface area contributed by atoms with Crippen LogP contribution in [0.15, 0.2) is 24.3 Å². The third-order valence-electron chi connectivity index (χ3n) is 14.8. The molecule has 1 aromatic carbocycles. The van der Waals surface area contributed by atoms with E-state index in [1.54, 1.807) is 0 Å². The molecule has 14 N–H and O–H groups in total. The molecule has 3 aliphatic heterocycles. The van der Waals surface area contributed by atoms with Gasteiger partial charge in [0.2, 0.25) is 47.3 Å². The van der Waals surface area contributed by atoms with E-state index < -0.39 is 165 Å².